The van der Waals surface area contributed by atoms with Gasteiger partial charge in [0.2, 0.25) is 0 Å². The molecule has 0 aliphatic carbocycles. The first-order valence-electron chi connectivity index (χ1n) is 24.5. The lowest BCUT2D eigenvalue weighted by Crippen LogP contribution is -2.17. The number of carbonyl (C=O) groups excluding carboxylic acids is 2. The third kappa shape index (κ3) is 43.4. The van der Waals surface area contributed by atoms with E-state index in [1.807, 2.05) is 0 Å². The highest BCUT2D eigenvalue weighted by Gasteiger charge is 2.17. The van der Waals surface area contributed by atoms with Crippen LogP contribution in [0, 0.1) is 11.8 Å². The molecule has 0 heterocycles. The molecule has 0 spiro atoms. The fraction of sp³-hybridized carbons (Fsp3) is 0.920. The van der Waals surface area contributed by atoms with E-state index in [-0.39, 0.29) is 17.9 Å². The summed E-state index contributed by atoms with van der Waals surface area (Å²) in [7, 11) is 0. The number of rotatable bonds is 41. The van der Waals surface area contributed by atoms with Crippen molar-refractivity contribution in [3.8, 4) is 0 Å². The predicted molar refractivity (Wildman–Crippen MR) is 238 cm³/mol. The van der Waals surface area contributed by atoms with Crippen molar-refractivity contribution in [1.29, 1.82) is 0 Å². The summed E-state index contributed by atoms with van der Waals surface area (Å²) < 4.78 is 10.9. The van der Waals surface area contributed by atoms with Crippen molar-refractivity contribution < 1.29 is 19.1 Å². The Kier molecular flexibility index (Phi) is 48.5. The van der Waals surface area contributed by atoms with Crippen LogP contribution in [0.3, 0.4) is 0 Å². The molecule has 0 amide bonds. The summed E-state index contributed by atoms with van der Waals surface area (Å²) in [5.74, 6) is 0.725. The molecule has 0 aromatic heterocycles. The molecule has 0 fully saturated rings. The van der Waals surface area contributed by atoms with Gasteiger partial charge in [0.25, 0.3) is 0 Å². The van der Waals surface area contributed by atoms with E-state index >= 15 is 0 Å². The van der Waals surface area contributed by atoms with E-state index in [1.165, 1.54) is 173 Å². The summed E-state index contributed by atoms with van der Waals surface area (Å²) in [4.78, 5) is 23.8. The van der Waals surface area contributed by atoms with E-state index in [1.54, 1.807) is 0 Å². The standard InChI is InChI=1S/C26H50O2.C24H48O2/c1-4-7-9-10-11-12-13-14-15-16-17-18-19-20-21-23-26(27)28-24-25(6-3)22-8-5-2;1-4-7-9-10-11-12-13-14-15-16-17-18-19-20-22-26-24(25)23(6-3)21-8-5-2/h14-15,25H,4-13,16-24H2,1-3H3;23H,4-22H2,1-3H3/b15-14-;. The van der Waals surface area contributed by atoms with Crippen molar-refractivity contribution in [3.05, 3.63) is 12.2 Å². The average Bonchev–Trinajstić information content (AvgIpc) is 3.18. The fourth-order valence-electron chi connectivity index (χ4n) is 7.05. The molecule has 322 valence electrons. The van der Waals surface area contributed by atoms with E-state index < -0.39 is 0 Å². The second-order valence-corrected chi connectivity index (χ2v) is 16.4. The molecule has 54 heavy (non-hydrogen) atoms. The molecule has 0 radical (unpaired) electrons. The quantitative estimate of drug-likeness (QED) is 0.0354. The van der Waals surface area contributed by atoms with Crippen LogP contribution in [0.1, 0.15) is 273 Å². The van der Waals surface area contributed by atoms with Gasteiger partial charge in [-0.3, -0.25) is 9.59 Å². The number of esters is 2. The summed E-state index contributed by atoms with van der Waals surface area (Å²) in [6.45, 7) is 14.5. The Hall–Kier alpha value is -1.32. The second kappa shape index (κ2) is 47.8. The Bertz CT molecular complexity index is 762. The van der Waals surface area contributed by atoms with Gasteiger partial charge in [0, 0.05) is 6.42 Å². The molecule has 0 saturated heterocycles. The first kappa shape index (κ1) is 54.8. The van der Waals surface area contributed by atoms with Crippen LogP contribution in [0.4, 0.5) is 0 Å². The maximum Gasteiger partial charge on any atom is 0.308 e. The molecule has 2 atom stereocenters. The van der Waals surface area contributed by atoms with E-state index in [0.717, 1.165) is 51.4 Å². The van der Waals surface area contributed by atoms with E-state index in [4.69, 9.17) is 9.47 Å². The number of hydrogen-bond acceptors (Lipinski definition) is 4. The molecule has 0 aromatic carbocycles. The second-order valence-electron chi connectivity index (χ2n) is 16.4. The Morgan fingerprint density at radius 2 is 0.833 bits per heavy atom. The zero-order valence-electron chi connectivity index (χ0n) is 37.8. The topological polar surface area (TPSA) is 52.6 Å². The van der Waals surface area contributed by atoms with Crippen molar-refractivity contribution in [1.82, 2.24) is 0 Å². The Morgan fingerprint density at radius 3 is 1.28 bits per heavy atom. The lowest BCUT2D eigenvalue weighted by atomic mass is 10.00. The zero-order valence-corrected chi connectivity index (χ0v) is 37.8. The monoisotopic (exact) mass is 763 g/mol. The predicted octanol–water partition coefficient (Wildman–Crippen LogP) is 17.0. The number of carbonyl (C=O) groups is 2. The molecular weight excluding hydrogens is 665 g/mol. The van der Waals surface area contributed by atoms with Crippen LogP contribution in [-0.4, -0.2) is 25.2 Å². The number of allylic oxidation sites excluding steroid dienone is 2. The van der Waals surface area contributed by atoms with Gasteiger partial charge in [-0.2, -0.15) is 0 Å². The van der Waals surface area contributed by atoms with Crippen LogP contribution in [0.5, 0.6) is 0 Å². The van der Waals surface area contributed by atoms with Crippen LogP contribution in [-0.2, 0) is 19.1 Å². The van der Waals surface area contributed by atoms with Crippen molar-refractivity contribution in [2.75, 3.05) is 13.2 Å². The lowest BCUT2D eigenvalue weighted by Gasteiger charge is -2.14. The maximum absolute atomic E-state index is 12.0. The zero-order chi connectivity index (χ0) is 40.0. The van der Waals surface area contributed by atoms with Gasteiger partial charge in [-0.25, -0.2) is 0 Å². The minimum Gasteiger partial charge on any atom is -0.465 e. The van der Waals surface area contributed by atoms with Gasteiger partial charge < -0.3 is 9.47 Å². The summed E-state index contributed by atoms with van der Waals surface area (Å²) in [5, 5.41) is 0. The minimum absolute atomic E-state index is 0.00701. The van der Waals surface area contributed by atoms with Gasteiger partial charge in [0.15, 0.2) is 0 Å². The summed E-state index contributed by atoms with van der Waals surface area (Å²) in [6, 6.07) is 0. The summed E-state index contributed by atoms with van der Waals surface area (Å²) in [6.07, 6.45) is 50.0. The van der Waals surface area contributed by atoms with Crippen LogP contribution in [0.2, 0.25) is 0 Å². The average molecular weight is 763 g/mol. The van der Waals surface area contributed by atoms with Gasteiger partial charge in [-0.1, -0.05) is 221 Å². The normalized spacial score (nSPS) is 12.4. The SMILES string of the molecule is CCCCCCCC/C=C\CCCCCCCC(=O)OCC(CC)CCCC.CCCCCCCCCCCCCCCCOC(=O)C(CC)CCCC. The largest absolute Gasteiger partial charge is 0.465 e. The molecule has 0 N–H and O–H groups in total. The highest BCUT2D eigenvalue weighted by Crippen LogP contribution is 2.17. The highest BCUT2D eigenvalue weighted by atomic mass is 16.5. The third-order valence-corrected chi connectivity index (χ3v) is 11.1. The molecule has 2 unspecified atom stereocenters. The molecule has 4 nitrogen and oxygen atoms in total. The van der Waals surface area contributed by atoms with E-state index in [0.29, 0.717) is 25.6 Å². The Morgan fingerprint density at radius 1 is 0.426 bits per heavy atom. The molecule has 4 heteroatoms. The first-order valence-corrected chi connectivity index (χ1v) is 24.5. The van der Waals surface area contributed by atoms with Gasteiger partial charge in [0.1, 0.15) is 0 Å². The smallest absolute Gasteiger partial charge is 0.308 e. The maximum atomic E-state index is 12.0. The molecule has 0 saturated carbocycles. The van der Waals surface area contributed by atoms with E-state index in [9.17, 15) is 9.59 Å². The summed E-state index contributed by atoms with van der Waals surface area (Å²) in [5.41, 5.74) is 0. The highest BCUT2D eigenvalue weighted by molar-refractivity contribution is 5.72. The van der Waals surface area contributed by atoms with E-state index in [2.05, 4.69) is 53.7 Å². The van der Waals surface area contributed by atoms with Crippen LogP contribution in [0.25, 0.3) is 0 Å². The number of hydrogen-bond donors (Lipinski definition) is 0. The van der Waals surface area contributed by atoms with Crippen molar-refractivity contribution in [2.45, 2.75) is 273 Å². The van der Waals surface area contributed by atoms with Crippen LogP contribution >= 0.6 is 0 Å². The lowest BCUT2D eigenvalue weighted by molar-refractivity contribution is -0.149. The van der Waals surface area contributed by atoms with Gasteiger partial charge in [-0.15, -0.1) is 0 Å². The van der Waals surface area contributed by atoms with Crippen LogP contribution < -0.4 is 0 Å². The third-order valence-electron chi connectivity index (χ3n) is 11.1. The molecule has 0 aliphatic heterocycles. The molecular formula is C50H98O4. The van der Waals surface area contributed by atoms with Gasteiger partial charge in [-0.05, 0) is 63.7 Å². The molecule has 0 aliphatic rings. The number of ether oxygens (including phenoxy) is 2. The van der Waals surface area contributed by atoms with Crippen molar-refractivity contribution >= 4 is 11.9 Å². The summed E-state index contributed by atoms with van der Waals surface area (Å²) >= 11 is 0. The molecule has 0 aromatic rings. The van der Waals surface area contributed by atoms with Gasteiger partial charge in [0.05, 0.1) is 19.1 Å². The van der Waals surface area contributed by atoms with Crippen molar-refractivity contribution in [2.24, 2.45) is 11.8 Å². The van der Waals surface area contributed by atoms with Crippen LogP contribution in [0.15, 0.2) is 12.2 Å². The fourth-order valence-corrected chi connectivity index (χ4v) is 7.05. The minimum atomic E-state index is 0.00701. The number of unbranched alkanes of at least 4 members (excludes halogenated alkanes) is 26. The van der Waals surface area contributed by atoms with Crippen molar-refractivity contribution in [3.63, 3.8) is 0 Å². The molecule has 0 rings (SSSR count). The molecule has 0 bridgehead atoms. The van der Waals surface area contributed by atoms with Gasteiger partial charge >= 0.3 is 11.9 Å². The Labute approximate surface area is 339 Å². The first-order chi connectivity index (χ1) is 26.5. The Balaban J connectivity index is 0.